The van der Waals surface area contributed by atoms with Crippen LogP contribution in [0.5, 0.6) is 0 Å². The van der Waals surface area contributed by atoms with Gasteiger partial charge < -0.3 is 15.3 Å². The smallest absolute Gasteiger partial charge is 0.317 e. The van der Waals surface area contributed by atoms with Gasteiger partial charge in [0.1, 0.15) is 5.78 Å². The fourth-order valence-electron chi connectivity index (χ4n) is 2.89. The van der Waals surface area contributed by atoms with Crippen molar-refractivity contribution in [2.75, 3.05) is 78.7 Å². The molecule has 10 heteroatoms. The van der Waals surface area contributed by atoms with E-state index < -0.39 is 11.9 Å². The zero-order valence-corrected chi connectivity index (χ0v) is 15.3. The van der Waals surface area contributed by atoms with Crippen LogP contribution in [0.15, 0.2) is 0 Å². The molecule has 0 unspecified atom stereocenters. The van der Waals surface area contributed by atoms with E-state index in [-0.39, 0.29) is 32.1 Å². The Morgan fingerprint density at radius 1 is 0.654 bits per heavy atom. The molecule has 0 aromatic rings. The van der Waals surface area contributed by atoms with Gasteiger partial charge in [-0.05, 0) is 6.92 Å². The number of Topliss-reactive ketones (excluding diaryl/α,β-unsaturated/α-hetero) is 1. The maximum atomic E-state index is 11.5. The van der Waals surface area contributed by atoms with Crippen LogP contribution >= 0.6 is 0 Å². The first-order valence-electron chi connectivity index (χ1n) is 8.73. The van der Waals surface area contributed by atoms with Gasteiger partial charge in [-0.2, -0.15) is 0 Å². The number of carbonyl (C=O) groups excluding carboxylic acids is 1. The van der Waals surface area contributed by atoms with Gasteiger partial charge >= 0.3 is 11.9 Å². The standard InChI is InChI=1S/C16H30N4O6/c1-14(22)10-17-2-3-18(11-15(23)24)4-5-19(12-16(25)26)7-9-20(13-21)8-6-17/h21H,2-13H2,1H3,(H,23,24)(H,25,26). The zero-order valence-electron chi connectivity index (χ0n) is 15.3. The zero-order chi connectivity index (χ0) is 19.5. The molecule has 0 spiro atoms. The van der Waals surface area contributed by atoms with Crippen molar-refractivity contribution in [3.63, 3.8) is 0 Å². The maximum absolute atomic E-state index is 11.5. The Balaban J connectivity index is 2.82. The van der Waals surface area contributed by atoms with Gasteiger partial charge in [-0.1, -0.05) is 0 Å². The number of nitrogens with zero attached hydrogens (tertiary/aromatic N) is 4. The molecule has 0 atom stereocenters. The summed E-state index contributed by atoms with van der Waals surface area (Å²) >= 11 is 0. The summed E-state index contributed by atoms with van der Waals surface area (Å²) in [4.78, 5) is 40.9. The molecule has 150 valence electrons. The summed E-state index contributed by atoms with van der Waals surface area (Å²) < 4.78 is 0. The third kappa shape index (κ3) is 9.78. The van der Waals surface area contributed by atoms with Crippen molar-refractivity contribution in [3.05, 3.63) is 0 Å². The van der Waals surface area contributed by atoms with E-state index in [1.54, 1.807) is 14.7 Å². The highest BCUT2D eigenvalue weighted by Crippen LogP contribution is 2.01. The summed E-state index contributed by atoms with van der Waals surface area (Å²) in [5, 5.41) is 27.7. The number of rotatable bonds is 7. The van der Waals surface area contributed by atoms with Crippen molar-refractivity contribution in [2.45, 2.75) is 6.92 Å². The molecule has 3 N–H and O–H groups in total. The highest BCUT2D eigenvalue weighted by atomic mass is 16.4. The molecule has 1 aliphatic rings. The molecule has 26 heavy (non-hydrogen) atoms. The first kappa shape index (κ1) is 22.5. The molecule has 0 amide bonds. The van der Waals surface area contributed by atoms with Crippen LogP contribution < -0.4 is 0 Å². The molecule has 1 rings (SSSR count). The van der Waals surface area contributed by atoms with E-state index in [2.05, 4.69) is 0 Å². The summed E-state index contributed by atoms with van der Waals surface area (Å²) in [6.07, 6.45) is 0. The quantitative estimate of drug-likeness (QED) is 0.457. The second kappa shape index (κ2) is 11.9. The number of aliphatic carboxylic acids is 2. The first-order valence-corrected chi connectivity index (χ1v) is 8.73. The molecular weight excluding hydrogens is 344 g/mol. The first-order chi connectivity index (χ1) is 12.3. The molecule has 0 bridgehead atoms. The Labute approximate surface area is 153 Å². The number of aliphatic hydroxyl groups excluding tert-OH is 1. The lowest BCUT2D eigenvalue weighted by molar-refractivity contribution is -0.140. The number of carbonyl (C=O) groups is 3. The molecule has 0 aliphatic carbocycles. The van der Waals surface area contributed by atoms with Crippen molar-refractivity contribution in [1.82, 2.24) is 19.6 Å². The van der Waals surface area contributed by atoms with E-state index in [9.17, 15) is 19.5 Å². The second-order valence-electron chi connectivity index (χ2n) is 6.58. The Hall–Kier alpha value is -1.59. The molecule has 0 saturated carbocycles. The SMILES string of the molecule is CC(=O)CN1CCN(CO)CCN(CC(=O)O)CCN(CC(=O)O)CC1. The number of carboxylic acids is 2. The maximum Gasteiger partial charge on any atom is 0.317 e. The fraction of sp³-hybridized carbons (Fsp3) is 0.812. The summed E-state index contributed by atoms with van der Waals surface area (Å²) in [7, 11) is 0. The Morgan fingerprint density at radius 2 is 0.962 bits per heavy atom. The topological polar surface area (TPSA) is 125 Å². The van der Waals surface area contributed by atoms with Crippen LogP contribution in [-0.4, -0.2) is 131 Å². The van der Waals surface area contributed by atoms with Gasteiger partial charge in [0.2, 0.25) is 0 Å². The highest BCUT2D eigenvalue weighted by molar-refractivity contribution is 5.77. The highest BCUT2D eigenvalue weighted by Gasteiger charge is 2.19. The average Bonchev–Trinajstić information content (AvgIpc) is 2.53. The van der Waals surface area contributed by atoms with E-state index in [0.29, 0.717) is 52.4 Å². The number of hydrogen-bond donors (Lipinski definition) is 3. The third-order valence-corrected chi connectivity index (χ3v) is 4.29. The second-order valence-corrected chi connectivity index (χ2v) is 6.58. The number of ketones is 1. The van der Waals surface area contributed by atoms with Crippen LogP contribution in [0.3, 0.4) is 0 Å². The molecular formula is C16H30N4O6. The lowest BCUT2D eigenvalue weighted by Gasteiger charge is -2.32. The van der Waals surface area contributed by atoms with Crippen LogP contribution in [0.2, 0.25) is 0 Å². The summed E-state index contributed by atoms with van der Waals surface area (Å²) in [5.74, 6) is -1.85. The predicted octanol–water partition coefficient (Wildman–Crippen LogP) is -2.08. The van der Waals surface area contributed by atoms with Crippen molar-refractivity contribution in [2.24, 2.45) is 0 Å². The van der Waals surface area contributed by atoms with Gasteiger partial charge in [0.25, 0.3) is 0 Å². The van der Waals surface area contributed by atoms with Crippen LogP contribution in [0, 0.1) is 0 Å². The van der Waals surface area contributed by atoms with Crippen molar-refractivity contribution in [1.29, 1.82) is 0 Å². The van der Waals surface area contributed by atoms with Crippen LogP contribution in [-0.2, 0) is 14.4 Å². The van der Waals surface area contributed by atoms with Crippen LogP contribution in [0.25, 0.3) is 0 Å². The normalized spacial score (nSPS) is 20.2. The Morgan fingerprint density at radius 3 is 1.23 bits per heavy atom. The third-order valence-electron chi connectivity index (χ3n) is 4.29. The molecule has 0 aromatic heterocycles. The number of aliphatic hydroxyl groups is 1. The summed E-state index contributed by atoms with van der Waals surface area (Å²) in [6, 6.07) is 0. The van der Waals surface area contributed by atoms with E-state index in [1.165, 1.54) is 6.92 Å². The molecule has 1 saturated heterocycles. The Bertz CT molecular complexity index is 444. The van der Waals surface area contributed by atoms with Gasteiger partial charge in [-0.15, -0.1) is 0 Å². The number of carboxylic acid groups (broad SMARTS) is 2. The minimum absolute atomic E-state index is 0.0325. The van der Waals surface area contributed by atoms with Gasteiger partial charge in [0, 0.05) is 52.4 Å². The fourth-order valence-corrected chi connectivity index (χ4v) is 2.89. The van der Waals surface area contributed by atoms with Gasteiger partial charge in [0.05, 0.1) is 26.4 Å². The van der Waals surface area contributed by atoms with Crippen molar-refractivity contribution < 1.29 is 29.7 Å². The van der Waals surface area contributed by atoms with Gasteiger partial charge in [-0.3, -0.25) is 34.0 Å². The molecule has 1 aliphatic heterocycles. The monoisotopic (exact) mass is 374 g/mol. The lowest BCUT2D eigenvalue weighted by Crippen LogP contribution is -2.48. The average molecular weight is 374 g/mol. The molecule has 0 aromatic carbocycles. The lowest BCUT2D eigenvalue weighted by atomic mass is 10.3. The van der Waals surface area contributed by atoms with Crippen LogP contribution in [0.1, 0.15) is 6.92 Å². The molecule has 10 nitrogen and oxygen atoms in total. The van der Waals surface area contributed by atoms with Crippen molar-refractivity contribution >= 4 is 17.7 Å². The minimum Gasteiger partial charge on any atom is -0.480 e. The molecule has 1 fully saturated rings. The summed E-state index contributed by atoms with van der Waals surface area (Å²) in [5.41, 5.74) is 0. The Kier molecular flexibility index (Phi) is 10.3. The molecule has 1 heterocycles. The van der Waals surface area contributed by atoms with E-state index in [0.717, 1.165) is 0 Å². The van der Waals surface area contributed by atoms with E-state index >= 15 is 0 Å². The largest absolute Gasteiger partial charge is 0.480 e. The number of hydrogen-bond acceptors (Lipinski definition) is 8. The summed E-state index contributed by atoms with van der Waals surface area (Å²) in [6.45, 7) is 5.32. The minimum atomic E-state index is -0.940. The van der Waals surface area contributed by atoms with Crippen molar-refractivity contribution in [3.8, 4) is 0 Å². The predicted molar refractivity (Wildman–Crippen MR) is 93.9 cm³/mol. The van der Waals surface area contributed by atoms with Gasteiger partial charge in [0.15, 0.2) is 0 Å². The molecule has 0 radical (unpaired) electrons. The van der Waals surface area contributed by atoms with Crippen LogP contribution in [0.4, 0.5) is 0 Å². The van der Waals surface area contributed by atoms with Gasteiger partial charge in [-0.25, -0.2) is 0 Å². The van der Waals surface area contributed by atoms with E-state index in [1.807, 2.05) is 4.90 Å². The van der Waals surface area contributed by atoms with E-state index in [4.69, 9.17) is 10.2 Å².